The van der Waals surface area contributed by atoms with Crippen molar-refractivity contribution in [2.45, 2.75) is 84.2 Å². The SMILES string of the molecule is COC[C@H](C(=O)O)[C@@H](C)[C@H]1CCC2C3C(CC[C@@]21C)[C@@]1(C)CC[C@@H](O)C[C@H]1CC3(F)F. The minimum Gasteiger partial charge on any atom is -0.481 e. The number of hydrogen-bond donors (Lipinski definition) is 2. The van der Waals surface area contributed by atoms with Gasteiger partial charge in [-0.1, -0.05) is 20.8 Å². The summed E-state index contributed by atoms with van der Waals surface area (Å²) in [5.41, 5.74) is -0.362. The van der Waals surface area contributed by atoms with E-state index in [0.717, 1.165) is 38.5 Å². The van der Waals surface area contributed by atoms with E-state index in [-0.39, 0.29) is 53.4 Å². The van der Waals surface area contributed by atoms with Gasteiger partial charge in [-0.2, -0.15) is 0 Å². The Morgan fingerprint density at radius 3 is 2.39 bits per heavy atom. The van der Waals surface area contributed by atoms with Gasteiger partial charge in [-0.05, 0) is 85.4 Å². The molecule has 0 radical (unpaired) electrons. The predicted molar refractivity (Wildman–Crippen MR) is 114 cm³/mol. The Balaban J connectivity index is 1.64. The topological polar surface area (TPSA) is 66.8 Å². The standard InChI is InChI=1S/C25H40F2O4/c1-14(17(13-31-4)22(29)30)18-5-6-19-21-20(8-10-24(18,19)3)23(2)9-7-16(28)11-15(23)12-25(21,26)27/h14-21,28H,5-13H2,1-4H3,(H,29,30)/t14-,15+,16-,17+,18-,19?,20?,21?,23+,24-/m1/s1. The van der Waals surface area contributed by atoms with Gasteiger partial charge >= 0.3 is 5.97 Å². The van der Waals surface area contributed by atoms with Crippen LogP contribution in [-0.2, 0) is 9.53 Å². The maximum Gasteiger partial charge on any atom is 0.309 e. The number of fused-ring (bicyclic) bond motifs is 5. The first-order valence-corrected chi connectivity index (χ1v) is 12.2. The lowest BCUT2D eigenvalue weighted by Crippen LogP contribution is -2.61. The van der Waals surface area contributed by atoms with Crippen molar-refractivity contribution in [2.75, 3.05) is 13.7 Å². The van der Waals surface area contributed by atoms with Crippen molar-refractivity contribution in [3.63, 3.8) is 0 Å². The Morgan fingerprint density at radius 2 is 1.74 bits per heavy atom. The molecule has 3 unspecified atom stereocenters. The van der Waals surface area contributed by atoms with Crippen LogP contribution in [0, 0.1) is 52.3 Å². The van der Waals surface area contributed by atoms with E-state index >= 15 is 8.78 Å². The molecule has 0 bridgehead atoms. The Kier molecular flexibility index (Phi) is 5.99. The summed E-state index contributed by atoms with van der Waals surface area (Å²) >= 11 is 0. The number of aliphatic hydroxyl groups is 1. The molecule has 4 nitrogen and oxygen atoms in total. The van der Waals surface area contributed by atoms with Crippen LogP contribution in [0.15, 0.2) is 0 Å². The molecule has 0 spiro atoms. The number of hydrogen-bond acceptors (Lipinski definition) is 3. The van der Waals surface area contributed by atoms with E-state index in [4.69, 9.17) is 4.74 Å². The van der Waals surface area contributed by atoms with E-state index in [9.17, 15) is 15.0 Å². The maximum atomic E-state index is 15.8. The van der Waals surface area contributed by atoms with Crippen LogP contribution in [-0.4, -0.2) is 41.9 Å². The predicted octanol–water partition coefficient (Wildman–Crippen LogP) is 5.23. The van der Waals surface area contributed by atoms with Crippen LogP contribution in [0.5, 0.6) is 0 Å². The molecule has 4 aliphatic rings. The highest BCUT2D eigenvalue weighted by molar-refractivity contribution is 5.70. The minimum absolute atomic E-state index is 0.00451. The Hall–Kier alpha value is -0.750. The van der Waals surface area contributed by atoms with E-state index in [1.807, 2.05) is 6.92 Å². The third kappa shape index (κ3) is 3.55. The number of methoxy groups -OCH3 is 1. The van der Waals surface area contributed by atoms with Gasteiger partial charge in [0.05, 0.1) is 18.6 Å². The second kappa shape index (κ2) is 7.93. The third-order valence-corrected chi connectivity index (χ3v) is 10.6. The lowest BCUT2D eigenvalue weighted by atomic mass is 9.43. The summed E-state index contributed by atoms with van der Waals surface area (Å²) in [6, 6.07) is 0. The number of aliphatic carboxylic acids is 1. The van der Waals surface area contributed by atoms with Crippen molar-refractivity contribution in [3.8, 4) is 0 Å². The molecule has 0 aromatic heterocycles. The molecule has 0 aromatic rings. The zero-order valence-corrected chi connectivity index (χ0v) is 19.4. The lowest BCUT2D eigenvalue weighted by Gasteiger charge is -2.63. The van der Waals surface area contributed by atoms with Crippen molar-refractivity contribution >= 4 is 5.97 Å². The van der Waals surface area contributed by atoms with Crippen molar-refractivity contribution in [1.29, 1.82) is 0 Å². The first-order valence-electron chi connectivity index (χ1n) is 12.2. The fraction of sp³-hybridized carbons (Fsp3) is 0.960. The molecule has 4 rings (SSSR count). The summed E-state index contributed by atoms with van der Waals surface area (Å²) in [6.45, 7) is 6.54. The highest BCUT2D eigenvalue weighted by Gasteiger charge is 2.68. The number of carbonyl (C=O) groups is 1. The van der Waals surface area contributed by atoms with Crippen molar-refractivity contribution < 1.29 is 28.5 Å². The van der Waals surface area contributed by atoms with E-state index < -0.39 is 29.8 Å². The van der Waals surface area contributed by atoms with Gasteiger partial charge in [0.1, 0.15) is 0 Å². The van der Waals surface area contributed by atoms with Crippen molar-refractivity contribution in [1.82, 2.24) is 0 Å². The monoisotopic (exact) mass is 442 g/mol. The van der Waals surface area contributed by atoms with Gasteiger partial charge in [-0.3, -0.25) is 4.79 Å². The molecule has 4 saturated carbocycles. The molecule has 6 heteroatoms. The minimum atomic E-state index is -2.71. The molecule has 0 saturated heterocycles. The number of ether oxygens (including phenoxy) is 1. The van der Waals surface area contributed by atoms with Gasteiger partial charge in [0.15, 0.2) is 0 Å². The molecule has 31 heavy (non-hydrogen) atoms. The van der Waals surface area contributed by atoms with Gasteiger partial charge in [0.2, 0.25) is 0 Å². The third-order valence-electron chi connectivity index (χ3n) is 10.6. The van der Waals surface area contributed by atoms with Crippen LogP contribution in [0.1, 0.15) is 72.1 Å². The quantitative estimate of drug-likeness (QED) is 0.611. The van der Waals surface area contributed by atoms with E-state index in [2.05, 4.69) is 13.8 Å². The van der Waals surface area contributed by atoms with E-state index in [1.54, 1.807) is 0 Å². The summed E-state index contributed by atoms with van der Waals surface area (Å²) in [5.74, 6) is -4.93. The van der Waals surface area contributed by atoms with E-state index in [0.29, 0.717) is 6.42 Å². The smallest absolute Gasteiger partial charge is 0.309 e. The molecule has 0 aromatic carbocycles. The zero-order valence-electron chi connectivity index (χ0n) is 19.4. The largest absolute Gasteiger partial charge is 0.481 e. The summed E-state index contributed by atoms with van der Waals surface area (Å²) in [5, 5.41) is 19.9. The summed E-state index contributed by atoms with van der Waals surface area (Å²) < 4.78 is 36.7. The fourth-order valence-electron chi connectivity index (χ4n) is 8.95. The Bertz CT molecular complexity index is 699. The molecular formula is C25H40F2O4. The Morgan fingerprint density at radius 1 is 1.10 bits per heavy atom. The van der Waals surface area contributed by atoms with Crippen LogP contribution < -0.4 is 0 Å². The number of alkyl halides is 2. The number of aliphatic hydroxyl groups excluding tert-OH is 1. The summed E-state index contributed by atoms with van der Waals surface area (Å²) in [4.78, 5) is 11.9. The molecule has 2 N–H and O–H groups in total. The van der Waals surface area contributed by atoms with Crippen molar-refractivity contribution in [2.24, 2.45) is 52.3 Å². The second-order valence-electron chi connectivity index (χ2n) is 11.8. The fourth-order valence-corrected chi connectivity index (χ4v) is 8.95. The molecule has 4 aliphatic carbocycles. The Labute approximate surface area is 185 Å². The molecular weight excluding hydrogens is 402 g/mol. The number of carboxylic acid groups (broad SMARTS) is 1. The maximum absolute atomic E-state index is 15.8. The number of halogens is 2. The highest BCUT2D eigenvalue weighted by Crippen LogP contribution is 2.71. The normalized spacial score (nSPS) is 48.2. The number of carboxylic acids is 1. The van der Waals surface area contributed by atoms with Crippen LogP contribution in [0.25, 0.3) is 0 Å². The highest BCUT2D eigenvalue weighted by atomic mass is 19.3. The summed E-state index contributed by atoms with van der Waals surface area (Å²) in [6.07, 6.45) is 4.82. The molecule has 0 amide bonds. The summed E-state index contributed by atoms with van der Waals surface area (Å²) in [7, 11) is 1.52. The van der Waals surface area contributed by atoms with Crippen LogP contribution in [0.4, 0.5) is 8.78 Å². The van der Waals surface area contributed by atoms with Gasteiger partial charge in [0, 0.05) is 19.4 Å². The van der Waals surface area contributed by atoms with Gasteiger partial charge < -0.3 is 14.9 Å². The molecule has 10 atom stereocenters. The first kappa shape index (κ1) is 23.4. The second-order valence-corrected chi connectivity index (χ2v) is 11.8. The van der Waals surface area contributed by atoms with Gasteiger partial charge in [-0.25, -0.2) is 8.78 Å². The zero-order chi connectivity index (χ0) is 22.8. The molecule has 4 fully saturated rings. The molecule has 0 heterocycles. The van der Waals surface area contributed by atoms with Crippen LogP contribution in [0.3, 0.4) is 0 Å². The van der Waals surface area contributed by atoms with Crippen LogP contribution in [0.2, 0.25) is 0 Å². The van der Waals surface area contributed by atoms with E-state index in [1.165, 1.54) is 7.11 Å². The van der Waals surface area contributed by atoms with Gasteiger partial charge in [0.25, 0.3) is 5.92 Å². The van der Waals surface area contributed by atoms with Gasteiger partial charge in [-0.15, -0.1) is 0 Å². The van der Waals surface area contributed by atoms with Crippen LogP contribution >= 0.6 is 0 Å². The average molecular weight is 443 g/mol. The molecule has 0 aliphatic heterocycles. The average Bonchev–Trinajstić information content (AvgIpc) is 3.03. The number of rotatable bonds is 5. The van der Waals surface area contributed by atoms with Crippen molar-refractivity contribution in [3.05, 3.63) is 0 Å². The lowest BCUT2D eigenvalue weighted by molar-refractivity contribution is -0.238. The first-order chi connectivity index (χ1) is 14.5. The molecule has 178 valence electrons.